The van der Waals surface area contributed by atoms with E-state index in [2.05, 4.69) is 27.8 Å². The number of pyridine rings is 1. The van der Waals surface area contributed by atoms with Gasteiger partial charge in [0.25, 0.3) is 0 Å². The van der Waals surface area contributed by atoms with Gasteiger partial charge in [0.1, 0.15) is 11.4 Å². The normalized spacial score (nSPS) is 15.7. The van der Waals surface area contributed by atoms with E-state index in [0.717, 1.165) is 33.5 Å². The number of aryl methyl sites for hydroxylation is 1. The second-order valence-corrected chi connectivity index (χ2v) is 8.45. The molecule has 3 aromatic rings. The van der Waals surface area contributed by atoms with Crippen LogP contribution in [0.4, 0.5) is 5.69 Å². The van der Waals surface area contributed by atoms with E-state index < -0.39 is 5.66 Å². The highest BCUT2D eigenvalue weighted by molar-refractivity contribution is 5.92. The maximum atomic E-state index is 11.1. The third kappa shape index (κ3) is 6.15. The van der Waals surface area contributed by atoms with E-state index in [1.807, 2.05) is 37.3 Å². The predicted octanol–water partition coefficient (Wildman–Crippen LogP) is 4.99. The van der Waals surface area contributed by atoms with Gasteiger partial charge in [-0.2, -0.15) is 0 Å². The summed E-state index contributed by atoms with van der Waals surface area (Å²) in [6.07, 6.45) is 5.23. The first-order valence-corrected chi connectivity index (χ1v) is 11.6. The van der Waals surface area contributed by atoms with Gasteiger partial charge in [-0.1, -0.05) is 13.0 Å². The molecule has 0 radical (unpaired) electrons. The second kappa shape index (κ2) is 13.1. The SMILES string of the molecule is CCc1nc(O)c(CC2(NCCOC)C=Cc3cc(OC)ccc3N2)c2cc(OC)c(OC)cc12.Cl.Cl. The molecule has 3 N–H and O–H groups in total. The largest absolute Gasteiger partial charge is 0.497 e. The van der Waals surface area contributed by atoms with Gasteiger partial charge in [0.2, 0.25) is 5.88 Å². The summed E-state index contributed by atoms with van der Waals surface area (Å²) in [7, 11) is 6.55. The van der Waals surface area contributed by atoms with Crippen molar-refractivity contribution >= 4 is 47.3 Å². The molecule has 0 saturated heterocycles. The maximum Gasteiger partial charge on any atom is 0.215 e. The van der Waals surface area contributed by atoms with Gasteiger partial charge >= 0.3 is 0 Å². The van der Waals surface area contributed by atoms with Crippen LogP contribution in [-0.2, 0) is 17.6 Å². The van der Waals surface area contributed by atoms with Crippen molar-refractivity contribution in [3.8, 4) is 23.1 Å². The number of fused-ring (bicyclic) bond motifs is 2. The summed E-state index contributed by atoms with van der Waals surface area (Å²) >= 11 is 0. The molecular weight excluding hydrogens is 517 g/mol. The number of ether oxygens (including phenoxy) is 4. The zero-order valence-electron chi connectivity index (χ0n) is 21.7. The van der Waals surface area contributed by atoms with E-state index in [9.17, 15) is 5.11 Å². The Hall–Kier alpha value is -2.91. The maximum absolute atomic E-state index is 11.1. The molecule has 0 saturated carbocycles. The lowest BCUT2D eigenvalue weighted by Gasteiger charge is -2.38. The monoisotopic (exact) mass is 551 g/mol. The summed E-state index contributed by atoms with van der Waals surface area (Å²) in [5.41, 5.74) is 2.80. The van der Waals surface area contributed by atoms with Crippen molar-refractivity contribution in [1.82, 2.24) is 10.3 Å². The third-order valence-electron chi connectivity index (χ3n) is 6.37. The van der Waals surface area contributed by atoms with Crippen LogP contribution in [0.3, 0.4) is 0 Å². The van der Waals surface area contributed by atoms with Gasteiger partial charge in [-0.05, 0) is 48.2 Å². The Labute approximate surface area is 230 Å². The van der Waals surface area contributed by atoms with E-state index >= 15 is 0 Å². The fourth-order valence-corrected chi connectivity index (χ4v) is 4.54. The van der Waals surface area contributed by atoms with Crippen LogP contribution in [0.25, 0.3) is 16.8 Å². The van der Waals surface area contributed by atoms with Crippen LogP contribution in [0, 0.1) is 0 Å². The van der Waals surface area contributed by atoms with Gasteiger partial charge in [-0.15, -0.1) is 24.8 Å². The molecule has 1 aliphatic heterocycles. The molecule has 0 fully saturated rings. The molecule has 10 heteroatoms. The standard InChI is InChI=1S/C27H33N3O5.2ClH/c1-6-22-20-15-25(35-5)24(34-4)14-19(20)21(26(31)29-22)16-27(28-11-12-32-2)10-9-17-13-18(33-3)7-8-23(17)30-27;;/h7-10,13-15,28,30H,6,11-12,16H2,1-5H3,(H,29,31);2*1H. The van der Waals surface area contributed by atoms with Crippen LogP contribution in [0.2, 0.25) is 0 Å². The van der Waals surface area contributed by atoms with Crippen LogP contribution in [-0.4, -0.2) is 57.3 Å². The van der Waals surface area contributed by atoms with E-state index in [1.165, 1.54) is 0 Å². The average molecular weight is 552 g/mol. The molecule has 0 spiro atoms. The number of aromatic hydroxyl groups is 1. The second-order valence-electron chi connectivity index (χ2n) is 8.45. The van der Waals surface area contributed by atoms with Crippen molar-refractivity contribution in [3.63, 3.8) is 0 Å². The van der Waals surface area contributed by atoms with Crippen LogP contribution in [0.5, 0.6) is 23.1 Å². The van der Waals surface area contributed by atoms with Crippen LogP contribution >= 0.6 is 24.8 Å². The average Bonchev–Trinajstić information content (AvgIpc) is 2.89. The summed E-state index contributed by atoms with van der Waals surface area (Å²) in [5, 5.41) is 20.1. The van der Waals surface area contributed by atoms with E-state index in [1.54, 1.807) is 28.4 Å². The Morgan fingerprint density at radius 2 is 1.68 bits per heavy atom. The number of anilines is 1. The Morgan fingerprint density at radius 3 is 2.30 bits per heavy atom. The lowest BCUT2D eigenvalue weighted by atomic mass is 9.90. The number of benzene rings is 2. The smallest absolute Gasteiger partial charge is 0.215 e. The van der Waals surface area contributed by atoms with Crippen molar-refractivity contribution in [3.05, 3.63) is 53.2 Å². The third-order valence-corrected chi connectivity index (χ3v) is 6.37. The first-order valence-electron chi connectivity index (χ1n) is 11.6. The van der Waals surface area contributed by atoms with E-state index in [-0.39, 0.29) is 30.7 Å². The number of nitrogens with zero attached hydrogens (tertiary/aromatic N) is 1. The molecule has 202 valence electrons. The van der Waals surface area contributed by atoms with Crippen LogP contribution in [0.1, 0.15) is 23.7 Å². The lowest BCUT2D eigenvalue weighted by Crippen LogP contribution is -2.54. The van der Waals surface area contributed by atoms with Crippen molar-refractivity contribution in [2.75, 3.05) is 46.9 Å². The first-order chi connectivity index (χ1) is 17.0. The fourth-order valence-electron chi connectivity index (χ4n) is 4.54. The highest BCUT2D eigenvalue weighted by atomic mass is 35.5. The Balaban J connectivity index is 0.00000241. The molecule has 37 heavy (non-hydrogen) atoms. The lowest BCUT2D eigenvalue weighted by molar-refractivity contribution is 0.192. The van der Waals surface area contributed by atoms with Gasteiger partial charge in [-0.25, -0.2) is 4.98 Å². The quantitative estimate of drug-likeness (QED) is 0.303. The molecule has 0 amide bonds. The molecule has 1 aliphatic rings. The van der Waals surface area contributed by atoms with Crippen molar-refractivity contribution < 1.29 is 24.1 Å². The van der Waals surface area contributed by atoms with E-state index in [4.69, 9.17) is 18.9 Å². The highest BCUT2D eigenvalue weighted by Gasteiger charge is 2.33. The summed E-state index contributed by atoms with van der Waals surface area (Å²) in [6, 6.07) is 9.75. The van der Waals surface area contributed by atoms with Gasteiger partial charge < -0.3 is 29.4 Å². The number of methoxy groups -OCH3 is 4. The zero-order chi connectivity index (χ0) is 25.0. The minimum Gasteiger partial charge on any atom is -0.497 e. The number of halogens is 2. The zero-order valence-corrected chi connectivity index (χ0v) is 23.3. The molecule has 0 bridgehead atoms. The number of nitrogens with one attached hydrogen (secondary N) is 2. The molecule has 8 nitrogen and oxygen atoms in total. The summed E-state index contributed by atoms with van der Waals surface area (Å²) in [5.74, 6) is 2.02. The number of aromatic nitrogens is 1. The Kier molecular flexibility index (Phi) is 10.7. The summed E-state index contributed by atoms with van der Waals surface area (Å²) in [6.45, 7) is 3.16. The number of hydrogen-bond acceptors (Lipinski definition) is 8. The number of hydrogen-bond donors (Lipinski definition) is 3. The molecule has 1 unspecified atom stereocenters. The van der Waals surface area contributed by atoms with Crippen molar-refractivity contribution in [2.24, 2.45) is 0 Å². The number of rotatable bonds is 10. The van der Waals surface area contributed by atoms with Gasteiger partial charge in [-0.3, -0.25) is 5.32 Å². The Bertz CT molecular complexity index is 1250. The summed E-state index contributed by atoms with van der Waals surface area (Å²) < 4.78 is 21.8. The van der Waals surface area contributed by atoms with Gasteiger partial charge in [0.15, 0.2) is 11.5 Å². The van der Waals surface area contributed by atoms with Gasteiger partial charge in [0.05, 0.1) is 33.6 Å². The van der Waals surface area contributed by atoms with Crippen LogP contribution in [0.15, 0.2) is 36.4 Å². The molecular formula is C27H35Cl2N3O5. The molecule has 2 heterocycles. The highest BCUT2D eigenvalue weighted by Crippen LogP contribution is 2.40. The minimum absolute atomic E-state index is 0. The summed E-state index contributed by atoms with van der Waals surface area (Å²) in [4.78, 5) is 4.55. The Morgan fingerprint density at radius 1 is 0.973 bits per heavy atom. The minimum atomic E-state index is -0.687. The molecule has 0 aliphatic carbocycles. The van der Waals surface area contributed by atoms with Gasteiger partial charge in [0, 0.05) is 42.3 Å². The molecule has 4 rings (SSSR count). The molecule has 1 aromatic heterocycles. The fraction of sp³-hybridized carbons (Fsp3) is 0.370. The van der Waals surface area contributed by atoms with Crippen LogP contribution < -0.4 is 24.8 Å². The molecule has 1 atom stereocenters. The topological polar surface area (TPSA) is 94.1 Å². The first kappa shape index (κ1) is 30.3. The van der Waals surface area contributed by atoms with E-state index in [0.29, 0.717) is 43.1 Å². The van der Waals surface area contributed by atoms with Crippen molar-refractivity contribution in [2.45, 2.75) is 25.4 Å². The molecule has 2 aromatic carbocycles. The predicted molar refractivity (Wildman–Crippen MR) is 152 cm³/mol. The van der Waals surface area contributed by atoms with Crippen molar-refractivity contribution in [1.29, 1.82) is 0 Å².